The normalized spacial score (nSPS) is 26.2. The number of likely N-dealkylation sites (N-methyl/N-ethyl adjacent to an activating group) is 1. The second-order valence-electron chi connectivity index (χ2n) is 3.83. The number of hydrogen-bond donors (Lipinski definition) is 1. The first-order valence-electron chi connectivity index (χ1n) is 4.88. The first-order chi connectivity index (χ1) is 7.08. The number of rotatable bonds is 2. The molecule has 80 valence electrons. The van der Waals surface area contributed by atoms with Crippen LogP contribution in [0.4, 0.5) is 0 Å². The highest BCUT2D eigenvalue weighted by Crippen LogP contribution is 2.17. The number of hydrogen-bond acceptors (Lipinski definition) is 4. The van der Waals surface area contributed by atoms with E-state index in [2.05, 4.69) is 5.32 Å². The summed E-state index contributed by atoms with van der Waals surface area (Å²) in [5.41, 5.74) is 0.765. The Bertz CT molecular complexity index is 373. The molecule has 1 saturated heterocycles. The van der Waals surface area contributed by atoms with Gasteiger partial charge in [-0.1, -0.05) is 0 Å². The van der Waals surface area contributed by atoms with Gasteiger partial charge in [-0.05, 0) is 6.42 Å². The Hall–Kier alpha value is -1.65. The Morgan fingerprint density at radius 2 is 2.07 bits per heavy atom. The fourth-order valence-electron chi connectivity index (χ4n) is 1.80. The molecule has 5 heteroatoms. The van der Waals surface area contributed by atoms with E-state index >= 15 is 0 Å². The highest BCUT2D eigenvalue weighted by Gasteiger charge is 2.36. The van der Waals surface area contributed by atoms with Gasteiger partial charge in [0.25, 0.3) is 5.91 Å². The third-order valence-electron chi connectivity index (χ3n) is 2.72. The highest BCUT2D eigenvalue weighted by atomic mass is 16.2. The lowest BCUT2D eigenvalue weighted by Gasteiger charge is -2.12. The number of nitrogens with zero attached hydrogens (tertiary/aromatic N) is 1. The van der Waals surface area contributed by atoms with Crippen LogP contribution < -0.4 is 5.32 Å². The molecular formula is C10H12N2O3. The molecule has 5 nitrogen and oxygen atoms in total. The first-order valence-corrected chi connectivity index (χ1v) is 4.88. The highest BCUT2D eigenvalue weighted by molar-refractivity contribution is 6.05. The zero-order chi connectivity index (χ0) is 11.0. The number of imide groups is 1. The van der Waals surface area contributed by atoms with Crippen LogP contribution in [0.1, 0.15) is 19.3 Å². The minimum Gasteiger partial charge on any atom is -0.377 e. The summed E-state index contributed by atoms with van der Waals surface area (Å²) in [7, 11) is 1.47. The third-order valence-corrected chi connectivity index (χ3v) is 2.72. The number of allylic oxidation sites excluding steroid dienone is 2. The Balaban J connectivity index is 2.02. The van der Waals surface area contributed by atoms with Gasteiger partial charge in [0.05, 0.1) is 6.42 Å². The van der Waals surface area contributed by atoms with Gasteiger partial charge in [0.15, 0.2) is 5.78 Å². The molecular weight excluding hydrogens is 196 g/mol. The van der Waals surface area contributed by atoms with Gasteiger partial charge in [0.2, 0.25) is 5.91 Å². The van der Waals surface area contributed by atoms with E-state index in [0.29, 0.717) is 12.8 Å². The van der Waals surface area contributed by atoms with Crippen molar-refractivity contribution < 1.29 is 14.4 Å². The lowest BCUT2D eigenvalue weighted by atomic mass is 10.2. The van der Waals surface area contributed by atoms with E-state index in [1.807, 2.05) is 0 Å². The van der Waals surface area contributed by atoms with E-state index in [0.717, 1.165) is 10.6 Å². The predicted octanol–water partition coefficient (Wildman–Crippen LogP) is -0.420. The number of amides is 2. The van der Waals surface area contributed by atoms with Crippen LogP contribution in [-0.4, -0.2) is 35.6 Å². The van der Waals surface area contributed by atoms with Gasteiger partial charge in [-0.15, -0.1) is 0 Å². The Morgan fingerprint density at radius 1 is 1.33 bits per heavy atom. The zero-order valence-electron chi connectivity index (χ0n) is 8.45. The van der Waals surface area contributed by atoms with Crippen LogP contribution in [0.5, 0.6) is 0 Å². The van der Waals surface area contributed by atoms with Crippen molar-refractivity contribution in [1.29, 1.82) is 0 Å². The van der Waals surface area contributed by atoms with Crippen LogP contribution in [-0.2, 0) is 14.4 Å². The summed E-state index contributed by atoms with van der Waals surface area (Å²) in [6.07, 6.45) is 2.82. The summed E-state index contributed by atoms with van der Waals surface area (Å²) in [6.45, 7) is 0. The molecule has 2 amide bonds. The second kappa shape index (κ2) is 3.49. The lowest BCUT2D eigenvalue weighted by Crippen LogP contribution is -2.36. The molecule has 0 saturated carbocycles. The molecule has 1 fully saturated rings. The van der Waals surface area contributed by atoms with Crippen molar-refractivity contribution in [3.63, 3.8) is 0 Å². The van der Waals surface area contributed by atoms with Crippen molar-refractivity contribution in [1.82, 2.24) is 10.2 Å². The monoisotopic (exact) mass is 208 g/mol. The number of carbonyl (C=O) groups excluding carboxylic acids is 3. The van der Waals surface area contributed by atoms with Crippen molar-refractivity contribution in [3.8, 4) is 0 Å². The van der Waals surface area contributed by atoms with Crippen LogP contribution in [0.3, 0.4) is 0 Å². The maximum Gasteiger partial charge on any atom is 0.251 e. The molecule has 2 rings (SSSR count). The van der Waals surface area contributed by atoms with Gasteiger partial charge >= 0.3 is 0 Å². The summed E-state index contributed by atoms with van der Waals surface area (Å²) >= 11 is 0. The molecule has 0 radical (unpaired) electrons. The van der Waals surface area contributed by atoms with Gasteiger partial charge in [-0.3, -0.25) is 19.3 Å². The van der Waals surface area contributed by atoms with Gasteiger partial charge in [0.1, 0.15) is 6.04 Å². The number of ketones is 1. The van der Waals surface area contributed by atoms with Crippen molar-refractivity contribution in [3.05, 3.63) is 11.8 Å². The minimum absolute atomic E-state index is 0.0719. The maximum atomic E-state index is 11.5. The molecule has 1 heterocycles. The number of likely N-dealkylation sites (tertiary alicyclic amines) is 1. The summed E-state index contributed by atoms with van der Waals surface area (Å²) in [5.74, 6) is -0.328. The molecule has 0 aromatic rings. The zero-order valence-corrected chi connectivity index (χ0v) is 8.45. The standard InChI is InChI=1S/C10H12N2O3/c1-12-9(14)5-8(10(12)15)11-6-2-3-7(13)4-6/h4,8,11H,2-3,5H2,1H3. The van der Waals surface area contributed by atoms with Crippen LogP contribution in [0.2, 0.25) is 0 Å². The van der Waals surface area contributed by atoms with Gasteiger partial charge in [-0.2, -0.15) is 0 Å². The molecule has 1 N–H and O–H groups in total. The van der Waals surface area contributed by atoms with Crippen molar-refractivity contribution in [2.24, 2.45) is 0 Å². The Kier molecular flexibility index (Phi) is 2.30. The van der Waals surface area contributed by atoms with E-state index in [1.54, 1.807) is 0 Å². The van der Waals surface area contributed by atoms with Gasteiger partial charge in [-0.25, -0.2) is 0 Å². The van der Waals surface area contributed by atoms with E-state index < -0.39 is 6.04 Å². The fraction of sp³-hybridized carbons (Fsp3) is 0.500. The van der Waals surface area contributed by atoms with E-state index in [4.69, 9.17) is 0 Å². The van der Waals surface area contributed by atoms with Crippen molar-refractivity contribution in [2.45, 2.75) is 25.3 Å². The van der Waals surface area contributed by atoms with Crippen LogP contribution in [0.25, 0.3) is 0 Å². The second-order valence-corrected chi connectivity index (χ2v) is 3.83. The van der Waals surface area contributed by atoms with E-state index in [9.17, 15) is 14.4 Å². The molecule has 15 heavy (non-hydrogen) atoms. The molecule has 0 bridgehead atoms. The average molecular weight is 208 g/mol. The Labute approximate surface area is 87.1 Å². The van der Waals surface area contributed by atoms with Crippen LogP contribution >= 0.6 is 0 Å². The molecule has 0 aromatic heterocycles. The third kappa shape index (κ3) is 1.77. The lowest BCUT2D eigenvalue weighted by molar-refractivity contribution is -0.137. The van der Waals surface area contributed by atoms with E-state index in [1.165, 1.54) is 13.1 Å². The number of carbonyl (C=O) groups is 3. The molecule has 1 aliphatic heterocycles. The topological polar surface area (TPSA) is 66.5 Å². The molecule has 0 aromatic carbocycles. The quantitative estimate of drug-likeness (QED) is 0.626. The summed E-state index contributed by atoms with van der Waals surface area (Å²) in [6, 6.07) is -0.486. The largest absolute Gasteiger partial charge is 0.377 e. The minimum atomic E-state index is -0.486. The van der Waals surface area contributed by atoms with Crippen molar-refractivity contribution in [2.75, 3.05) is 7.05 Å². The molecule has 2 aliphatic rings. The predicted molar refractivity (Wildman–Crippen MR) is 51.6 cm³/mol. The van der Waals surface area contributed by atoms with E-state index in [-0.39, 0.29) is 24.0 Å². The average Bonchev–Trinajstić information content (AvgIpc) is 2.68. The van der Waals surface area contributed by atoms with Gasteiger partial charge in [0, 0.05) is 25.2 Å². The first kappa shape index (κ1) is 9.89. The molecule has 1 aliphatic carbocycles. The Morgan fingerprint density at radius 3 is 2.53 bits per heavy atom. The summed E-state index contributed by atoms with van der Waals surface area (Å²) < 4.78 is 0. The molecule has 1 unspecified atom stereocenters. The van der Waals surface area contributed by atoms with Crippen molar-refractivity contribution >= 4 is 17.6 Å². The maximum absolute atomic E-state index is 11.5. The van der Waals surface area contributed by atoms with Gasteiger partial charge < -0.3 is 5.32 Å². The molecule has 1 atom stereocenters. The molecule has 0 spiro atoms. The SMILES string of the molecule is CN1C(=O)CC(NC2=CC(=O)CC2)C1=O. The fourth-order valence-corrected chi connectivity index (χ4v) is 1.80. The summed E-state index contributed by atoms with van der Waals surface area (Å²) in [4.78, 5) is 34.8. The summed E-state index contributed by atoms with van der Waals surface area (Å²) in [5, 5.41) is 2.95. The van der Waals surface area contributed by atoms with Crippen LogP contribution in [0, 0.1) is 0 Å². The van der Waals surface area contributed by atoms with Crippen LogP contribution in [0.15, 0.2) is 11.8 Å². The number of nitrogens with one attached hydrogen (secondary N) is 1. The smallest absolute Gasteiger partial charge is 0.251 e.